The Bertz CT molecular complexity index is 1230. The van der Waals surface area contributed by atoms with E-state index in [2.05, 4.69) is 11.9 Å². The number of carbonyl (C=O) groups excluding carboxylic acids is 1. The van der Waals surface area contributed by atoms with Gasteiger partial charge in [0.25, 0.3) is 5.56 Å². The van der Waals surface area contributed by atoms with Gasteiger partial charge in [0.05, 0.1) is 34.9 Å². The highest BCUT2D eigenvalue weighted by Crippen LogP contribution is 2.37. The van der Waals surface area contributed by atoms with Crippen molar-refractivity contribution >= 4 is 28.5 Å². The first-order valence-corrected chi connectivity index (χ1v) is 11.0. The molecule has 2 heterocycles. The monoisotopic (exact) mass is 455 g/mol. The summed E-state index contributed by atoms with van der Waals surface area (Å²) >= 11 is 6.29. The summed E-state index contributed by atoms with van der Waals surface area (Å²) in [7, 11) is 1.30. The fraction of sp³-hybridized carbons (Fsp3) is 0.360. The van der Waals surface area contributed by atoms with Gasteiger partial charge >= 0.3 is 5.97 Å². The Labute approximate surface area is 191 Å². The van der Waals surface area contributed by atoms with Gasteiger partial charge in [0.1, 0.15) is 12.4 Å². The lowest BCUT2D eigenvalue weighted by Crippen LogP contribution is -2.19. The molecule has 6 nitrogen and oxygen atoms in total. The second-order valence-electron chi connectivity index (χ2n) is 8.21. The van der Waals surface area contributed by atoms with E-state index in [1.807, 2.05) is 26.0 Å². The lowest BCUT2D eigenvalue weighted by molar-refractivity contribution is 0.0601. The zero-order chi connectivity index (χ0) is 23.0. The van der Waals surface area contributed by atoms with Gasteiger partial charge in [-0.15, -0.1) is 0 Å². The molecule has 3 aromatic rings. The number of hydrogen-bond donors (Lipinski definition) is 1. The Morgan fingerprint density at radius 3 is 2.53 bits per heavy atom. The summed E-state index contributed by atoms with van der Waals surface area (Å²) in [6.07, 6.45) is 1.85. The van der Waals surface area contributed by atoms with E-state index in [0.29, 0.717) is 35.4 Å². The van der Waals surface area contributed by atoms with Crippen LogP contribution in [0.15, 0.2) is 29.1 Å². The van der Waals surface area contributed by atoms with E-state index in [0.717, 1.165) is 29.5 Å². The molecule has 0 spiro atoms. The second kappa shape index (κ2) is 8.96. The molecule has 1 aliphatic heterocycles. The van der Waals surface area contributed by atoms with E-state index in [-0.39, 0.29) is 22.2 Å². The average molecular weight is 456 g/mol. The van der Waals surface area contributed by atoms with E-state index in [1.165, 1.54) is 12.7 Å². The first-order chi connectivity index (χ1) is 15.3. The number of carbonyl (C=O) groups is 1. The van der Waals surface area contributed by atoms with Crippen LogP contribution in [-0.2, 0) is 9.47 Å². The summed E-state index contributed by atoms with van der Waals surface area (Å²) < 4.78 is 16.8. The number of aryl methyl sites for hydroxylation is 2. The average Bonchev–Trinajstić information content (AvgIpc) is 3.28. The van der Waals surface area contributed by atoms with Crippen LogP contribution in [0.1, 0.15) is 39.9 Å². The van der Waals surface area contributed by atoms with Crippen LogP contribution >= 0.6 is 11.6 Å². The predicted molar refractivity (Wildman–Crippen MR) is 125 cm³/mol. The molecular weight excluding hydrogens is 430 g/mol. The minimum atomic E-state index is -0.559. The van der Waals surface area contributed by atoms with Gasteiger partial charge in [-0.1, -0.05) is 23.7 Å². The van der Waals surface area contributed by atoms with Crippen molar-refractivity contribution in [3.8, 4) is 16.9 Å². The minimum Gasteiger partial charge on any atom is -0.489 e. The van der Waals surface area contributed by atoms with Gasteiger partial charge in [0.2, 0.25) is 0 Å². The SMILES string of the molecule is COC(=O)c1cc2c(OCC3CCCO3)c(-c3cc(C)c(C)c(C)c3)c(=O)[nH]c2cc1Cl. The molecule has 1 N–H and O–H groups in total. The number of H-pyrrole nitrogens is 1. The number of fused-ring (bicyclic) bond motifs is 1. The zero-order valence-electron chi connectivity index (χ0n) is 18.6. The van der Waals surface area contributed by atoms with Gasteiger partial charge in [-0.3, -0.25) is 4.79 Å². The molecule has 1 aliphatic rings. The van der Waals surface area contributed by atoms with Crippen molar-refractivity contribution in [3.63, 3.8) is 0 Å². The van der Waals surface area contributed by atoms with E-state index in [1.54, 1.807) is 12.1 Å². The molecular formula is C25H26ClNO5. The van der Waals surface area contributed by atoms with Gasteiger partial charge in [-0.05, 0) is 68.0 Å². The molecule has 2 aromatic carbocycles. The Balaban J connectivity index is 1.97. The first-order valence-electron chi connectivity index (χ1n) is 10.6. The fourth-order valence-electron chi connectivity index (χ4n) is 4.10. The van der Waals surface area contributed by atoms with Crippen LogP contribution in [0.3, 0.4) is 0 Å². The molecule has 7 heteroatoms. The van der Waals surface area contributed by atoms with Gasteiger partial charge in [-0.2, -0.15) is 0 Å². The molecule has 1 aromatic heterocycles. The standard InChI is InChI=1S/C25H26ClNO5/c1-13-8-16(9-14(2)15(13)3)22-23(32-12-17-6-5-7-31-17)19-10-18(25(29)30-4)20(26)11-21(19)27-24(22)28/h8-11,17H,5-7,12H2,1-4H3,(H,27,28). The molecule has 4 rings (SSSR count). The Morgan fingerprint density at radius 1 is 1.19 bits per heavy atom. The maximum absolute atomic E-state index is 13.2. The summed E-state index contributed by atoms with van der Waals surface area (Å²) in [5.41, 5.74) is 4.91. The van der Waals surface area contributed by atoms with E-state index in [9.17, 15) is 9.59 Å². The fourth-order valence-corrected chi connectivity index (χ4v) is 4.34. The van der Waals surface area contributed by atoms with Crippen molar-refractivity contribution in [2.75, 3.05) is 20.3 Å². The lowest BCUT2D eigenvalue weighted by Gasteiger charge is -2.18. The largest absolute Gasteiger partial charge is 0.489 e. The molecule has 0 amide bonds. The summed E-state index contributed by atoms with van der Waals surface area (Å²) in [5, 5.41) is 0.776. The number of nitrogens with one attached hydrogen (secondary N) is 1. The summed E-state index contributed by atoms with van der Waals surface area (Å²) in [6.45, 7) is 7.10. The molecule has 0 aliphatic carbocycles. The van der Waals surface area contributed by atoms with Crippen LogP contribution in [0.2, 0.25) is 5.02 Å². The molecule has 0 bridgehead atoms. The van der Waals surface area contributed by atoms with Crippen molar-refractivity contribution in [1.82, 2.24) is 4.98 Å². The molecule has 1 fully saturated rings. The number of rotatable bonds is 5. The number of pyridine rings is 1. The van der Waals surface area contributed by atoms with Crippen LogP contribution in [0.25, 0.3) is 22.0 Å². The molecule has 1 unspecified atom stereocenters. The number of halogens is 1. The van der Waals surface area contributed by atoms with E-state index in [4.69, 9.17) is 25.8 Å². The smallest absolute Gasteiger partial charge is 0.339 e. The van der Waals surface area contributed by atoms with Crippen molar-refractivity contribution < 1.29 is 19.0 Å². The number of methoxy groups -OCH3 is 1. The lowest BCUT2D eigenvalue weighted by atomic mass is 9.95. The van der Waals surface area contributed by atoms with Crippen LogP contribution in [0.5, 0.6) is 5.75 Å². The topological polar surface area (TPSA) is 77.6 Å². The highest BCUT2D eigenvalue weighted by Gasteiger charge is 2.23. The van der Waals surface area contributed by atoms with Gasteiger partial charge in [0.15, 0.2) is 0 Å². The van der Waals surface area contributed by atoms with Crippen LogP contribution in [0.4, 0.5) is 0 Å². The van der Waals surface area contributed by atoms with Crippen molar-refractivity contribution in [1.29, 1.82) is 0 Å². The van der Waals surface area contributed by atoms with Gasteiger partial charge in [0, 0.05) is 12.0 Å². The number of aromatic nitrogens is 1. The molecule has 0 radical (unpaired) electrons. The number of ether oxygens (including phenoxy) is 3. The maximum Gasteiger partial charge on any atom is 0.339 e. The molecule has 168 valence electrons. The third-order valence-corrected chi connectivity index (χ3v) is 6.43. The molecule has 1 atom stereocenters. The summed E-state index contributed by atoms with van der Waals surface area (Å²) in [5.74, 6) is -0.152. The number of benzene rings is 2. The second-order valence-corrected chi connectivity index (χ2v) is 8.62. The summed E-state index contributed by atoms with van der Waals surface area (Å²) in [6, 6.07) is 7.13. The molecule has 32 heavy (non-hydrogen) atoms. The normalized spacial score (nSPS) is 15.8. The Kier molecular flexibility index (Phi) is 6.26. The Morgan fingerprint density at radius 2 is 1.91 bits per heavy atom. The Hall–Kier alpha value is -2.83. The van der Waals surface area contributed by atoms with E-state index < -0.39 is 5.97 Å². The van der Waals surface area contributed by atoms with Crippen LogP contribution in [-0.4, -0.2) is 37.4 Å². The third-order valence-electron chi connectivity index (χ3n) is 6.11. The molecule has 0 saturated carbocycles. The van der Waals surface area contributed by atoms with Crippen molar-refractivity contribution in [3.05, 3.63) is 61.9 Å². The van der Waals surface area contributed by atoms with E-state index >= 15 is 0 Å². The quantitative estimate of drug-likeness (QED) is 0.540. The third kappa shape index (κ3) is 4.12. The number of hydrogen-bond acceptors (Lipinski definition) is 5. The highest BCUT2D eigenvalue weighted by molar-refractivity contribution is 6.34. The van der Waals surface area contributed by atoms with Crippen LogP contribution in [0, 0.1) is 20.8 Å². The zero-order valence-corrected chi connectivity index (χ0v) is 19.4. The van der Waals surface area contributed by atoms with Gasteiger partial charge in [-0.25, -0.2) is 4.79 Å². The van der Waals surface area contributed by atoms with Crippen molar-refractivity contribution in [2.45, 2.75) is 39.7 Å². The van der Waals surface area contributed by atoms with Gasteiger partial charge < -0.3 is 19.2 Å². The first kappa shape index (κ1) is 22.4. The predicted octanol–water partition coefficient (Wildman–Crippen LogP) is 5.12. The number of esters is 1. The summed E-state index contributed by atoms with van der Waals surface area (Å²) in [4.78, 5) is 28.4. The maximum atomic E-state index is 13.2. The van der Waals surface area contributed by atoms with Crippen LogP contribution < -0.4 is 10.3 Å². The molecule has 1 saturated heterocycles. The minimum absolute atomic E-state index is 0.0361. The highest BCUT2D eigenvalue weighted by atomic mass is 35.5. The van der Waals surface area contributed by atoms with Crippen molar-refractivity contribution in [2.24, 2.45) is 0 Å². The number of aromatic amines is 1.